The van der Waals surface area contributed by atoms with E-state index in [1.807, 2.05) is 19.3 Å². The van der Waals surface area contributed by atoms with Gasteiger partial charge >= 0.3 is 0 Å². The van der Waals surface area contributed by atoms with Gasteiger partial charge in [0.05, 0.1) is 11.3 Å². The average molecular weight is 280 g/mol. The van der Waals surface area contributed by atoms with Gasteiger partial charge in [-0.2, -0.15) is 5.10 Å². The Hall–Kier alpha value is -1.95. The van der Waals surface area contributed by atoms with Gasteiger partial charge in [0.15, 0.2) is 6.29 Å². The van der Waals surface area contributed by atoms with Gasteiger partial charge in [0.25, 0.3) is 0 Å². The number of anilines is 1. The molecule has 0 aliphatic heterocycles. The van der Waals surface area contributed by atoms with Gasteiger partial charge in [0.2, 0.25) is 0 Å². The summed E-state index contributed by atoms with van der Waals surface area (Å²) in [6.45, 7) is 2.34. The molecule has 0 saturated heterocycles. The predicted octanol–water partition coefficient (Wildman–Crippen LogP) is 1.64. The van der Waals surface area contributed by atoms with E-state index >= 15 is 0 Å². The fourth-order valence-electron chi connectivity index (χ4n) is 1.69. The Balaban J connectivity index is 2.05. The van der Waals surface area contributed by atoms with E-state index in [4.69, 9.17) is 11.6 Å². The van der Waals surface area contributed by atoms with Crippen LogP contribution in [0.25, 0.3) is 0 Å². The molecule has 7 heteroatoms. The van der Waals surface area contributed by atoms with Crippen molar-refractivity contribution in [3.05, 3.63) is 34.5 Å². The number of halogens is 1. The van der Waals surface area contributed by atoms with Crippen LogP contribution in [0.15, 0.2) is 12.3 Å². The molecule has 0 saturated carbocycles. The second-order valence-corrected chi connectivity index (χ2v) is 4.46. The minimum Gasteiger partial charge on any atom is -0.369 e. The second kappa shape index (κ2) is 5.79. The summed E-state index contributed by atoms with van der Waals surface area (Å²) in [5, 5.41) is 7.52. The average Bonchev–Trinajstić information content (AvgIpc) is 2.74. The SMILES string of the molecule is Cc1nc(Cl)c(C=O)c(NCCc2ccn(C)n2)n1. The largest absolute Gasteiger partial charge is 0.369 e. The van der Waals surface area contributed by atoms with Gasteiger partial charge in [-0.15, -0.1) is 0 Å². The van der Waals surface area contributed by atoms with Crippen molar-refractivity contribution < 1.29 is 4.79 Å². The van der Waals surface area contributed by atoms with Crippen LogP contribution in [-0.4, -0.2) is 32.6 Å². The van der Waals surface area contributed by atoms with E-state index in [0.717, 1.165) is 12.1 Å². The van der Waals surface area contributed by atoms with E-state index in [2.05, 4.69) is 20.4 Å². The molecule has 0 atom stereocenters. The van der Waals surface area contributed by atoms with E-state index in [-0.39, 0.29) is 10.7 Å². The van der Waals surface area contributed by atoms with Crippen LogP contribution in [0.2, 0.25) is 5.15 Å². The predicted molar refractivity (Wildman–Crippen MR) is 72.6 cm³/mol. The molecule has 0 aromatic carbocycles. The Morgan fingerprint density at radius 2 is 2.26 bits per heavy atom. The molecule has 0 aliphatic rings. The smallest absolute Gasteiger partial charge is 0.156 e. The topological polar surface area (TPSA) is 72.7 Å². The lowest BCUT2D eigenvalue weighted by atomic mass is 10.3. The first-order valence-electron chi connectivity index (χ1n) is 5.82. The number of nitrogens with zero attached hydrogens (tertiary/aromatic N) is 4. The quantitative estimate of drug-likeness (QED) is 0.665. The molecular weight excluding hydrogens is 266 g/mol. The Bertz CT molecular complexity index is 596. The highest BCUT2D eigenvalue weighted by molar-refractivity contribution is 6.32. The highest BCUT2D eigenvalue weighted by Gasteiger charge is 2.10. The third-order valence-corrected chi connectivity index (χ3v) is 2.86. The van der Waals surface area contributed by atoms with E-state index in [1.54, 1.807) is 11.6 Å². The van der Waals surface area contributed by atoms with E-state index in [9.17, 15) is 4.79 Å². The highest BCUT2D eigenvalue weighted by atomic mass is 35.5. The number of aromatic nitrogens is 4. The molecule has 1 N–H and O–H groups in total. The lowest BCUT2D eigenvalue weighted by molar-refractivity contribution is 0.112. The van der Waals surface area contributed by atoms with Crippen LogP contribution in [-0.2, 0) is 13.5 Å². The standard InChI is InChI=1S/C12H14ClN5O/c1-8-15-11(13)10(7-19)12(16-8)14-5-3-9-4-6-18(2)17-9/h4,6-7H,3,5H2,1-2H3,(H,14,15,16). The normalized spacial score (nSPS) is 10.5. The van der Waals surface area contributed by atoms with Crippen molar-refractivity contribution in [2.45, 2.75) is 13.3 Å². The Kier molecular flexibility index (Phi) is 4.11. The number of hydrogen-bond donors (Lipinski definition) is 1. The Morgan fingerprint density at radius 1 is 1.47 bits per heavy atom. The maximum Gasteiger partial charge on any atom is 0.156 e. The molecule has 19 heavy (non-hydrogen) atoms. The maximum absolute atomic E-state index is 11.0. The summed E-state index contributed by atoms with van der Waals surface area (Å²) in [6.07, 6.45) is 3.28. The number of aldehydes is 1. The first-order valence-corrected chi connectivity index (χ1v) is 6.19. The highest BCUT2D eigenvalue weighted by Crippen LogP contribution is 2.18. The van der Waals surface area contributed by atoms with Crippen LogP contribution < -0.4 is 5.32 Å². The molecule has 0 radical (unpaired) electrons. The van der Waals surface area contributed by atoms with Gasteiger partial charge in [0.1, 0.15) is 16.8 Å². The van der Waals surface area contributed by atoms with Crippen LogP contribution in [0, 0.1) is 6.92 Å². The van der Waals surface area contributed by atoms with Crippen molar-refractivity contribution >= 4 is 23.7 Å². The summed E-state index contributed by atoms with van der Waals surface area (Å²) in [5.41, 5.74) is 1.26. The molecule has 0 amide bonds. The van der Waals surface area contributed by atoms with E-state index < -0.39 is 0 Å². The lowest BCUT2D eigenvalue weighted by Gasteiger charge is -2.08. The number of hydrogen-bond acceptors (Lipinski definition) is 5. The van der Waals surface area contributed by atoms with Gasteiger partial charge < -0.3 is 5.32 Å². The molecule has 0 aliphatic carbocycles. The number of carbonyl (C=O) groups is 1. The number of rotatable bonds is 5. The van der Waals surface area contributed by atoms with Crippen molar-refractivity contribution in [3.8, 4) is 0 Å². The van der Waals surface area contributed by atoms with Crippen molar-refractivity contribution in [3.63, 3.8) is 0 Å². The van der Waals surface area contributed by atoms with Gasteiger partial charge in [-0.25, -0.2) is 9.97 Å². The number of nitrogens with one attached hydrogen (secondary N) is 1. The van der Waals surface area contributed by atoms with E-state index in [1.165, 1.54) is 0 Å². The fraction of sp³-hybridized carbons (Fsp3) is 0.333. The van der Waals surface area contributed by atoms with Crippen molar-refractivity contribution in [2.75, 3.05) is 11.9 Å². The molecule has 6 nitrogen and oxygen atoms in total. The third-order valence-electron chi connectivity index (χ3n) is 2.57. The summed E-state index contributed by atoms with van der Waals surface area (Å²) < 4.78 is 1.75. The van der Waals surface area contributed by atoms with E-state index in [0.29, 0.717) is 24.5 Å². The summed E-state index contributed by atoms with van der Waals surface area (Å²) in [4.78, 5) is 19.1. The zero-order valence-corrected chi connectivity index (χ0v) is 11.5. The van der Waals surface area contributed by atoms with Gasteiger partial charge in [0, 0.05) is 26.2 Å². The molecular formula is C12H14ClN5O. The first kappa shape index (κ1) is 13.5. The van der Waals surface area contributed by atoms with Crippen molar-refractivity contribution in [2.24, 2.45) is 7.05 Å². The molecule has 100 valence electrons. The summed E-state index contributed by atoms with van der Waals surface area (Å²) >= 11 is 5.90. The molecule has 2 aromatic rings. The second-order valence-electron chi connectivity index (χ2n) is 4.10. The Morgan fingerprint density at radius 3 is 2.89 bits per heavy atom. The van der Waals surface area contributed by atoms with Gasteiger partial charge in [-0.05, 0) is 13.0 Å². The molecule has 0 spiro atoms. The van der Waals surface area contributed by atoms with Gasteiger partial charge in [-0.3, -0.25) is 9.48 Å². The third kappa shape index (κ3) is 3.29. The fourth-order valence-corrected chi connectivity index (χ4v) is 1.95. The van der Waals surface area contributed by atoms with Gasteiger partial charge in [-0.1, -0.05) is 11.6 Å². The summed E-state index contributed by atoms with van der Waals surface area (Å²) in [7, 11) is 1.87. The number of carbonyl (C=O) groups excluding carboxylic acids is 1. The zero-order valence-electron chi connectivity index (χ0n) is 10.7. The summed E-state index contributed by atoms with van der Waals surface area (Å²) in [6, 6.07) is 1.94. The Labute approximate surface area is 115 Å². The maximum atomic E-state index is 11.0. The van der Waals surface area contributed by atoms with Crippen molar-refractivity contribution in [1.29, 1.82) is 0 Å². The number of aryl methyl sites for hydroxylation is 2. The molecule has 0 fully saturated rings. The van der Waals surface area contributed by atoms with Crippen LogP contribution in [0.3, 0.4) is 0 Å². The molecule has 0 bridgehead atoms. The van der Waals surface area contributed by atoms with Crippen LogP contribution >= 0.6 is 11.6 Å². The first-order chi connectivity index (χ1) is 9.10. The minimum absolute atomic E-state index is 0.169. The van der Waals surface area contributed by atoms with Crippen LogP contribution in [0.4, 0.5) is 5.82 Å². The minimum atomic E-state index is 0.169. The molecule has 2 heterocycles. The molecule has 0 unspecified atom stereocenters. The lowest BCUT2D eigenvalue weighted by Crippen LogP contribution is -2.11. The molecule has 2 aromatic heterocycles. The summed E-state index contributed by atoms with van der Waals surface area (Å²) in [5.74, 6) is 0.986. The molecule has 2 rings (SSSR count). The zero-order chi connectivity index (χ0) is 13.8. The van der Waals surface area contributed by atoms with Crippen molar-refractivity contribution in [1.82, 2.24) is 19.7 Å². The van der Waals surface area contributed by atoms with Crippen LogP contribution in [0.5, 0.6) is 0 Å². The monoisotopic (exact) mass is 279 g/mol. The van der Waals surface area contributed by atoms with Crippen LogP contribution in [0.1, 0.15) is 21.9 Å².